The minimum atomic E-state index is -0.0968. The molecule has 9 heteroatoms. The van der Waals surface area contributed by atoms with Crippen LogP contribution >= 0.6 is 0 Å². The standard InChI is InChI=1S/C22H24N6O3/c29-19-7-3-6-17-14-8-13(11-27(17)19)10-26(12-14)20(30)9-18-24-22-23-16-5-2-1-4-15(16)21(31)28(22)25-18/h3,6-7,13-14H,1-2,4-5,8-12H2,(H,23,24,25)/t13-,14+/m1/s1. The number of hydrogen-bond donors (Lipinski definition) is 1. The van der Waals surface area contributed by atoms with E-state index < -0.39 is 0 Å². The Kier molecular flexibility index (Phi) is 4.12. The Bertz CT molecular complexity index is 1320. The number of nitrogens with one attached hydrogen (secondary N) is 1. The SMILES string of the molecule is O=C(Cc1nc2nc3c(c(=O)n2[nH]1)CCCC3)N1C[C@H]2C[C@@H](C1)c1cccc(=O)n1C2. The van der Waals surface area contributed by atoms with Crippen LogP contribution in [0.25, 0.3) is 5.78 Å². The molecule has 1 fully saturated rings. The molecule has 0 saturated carbocycles. The van der Waals surface area contributed by atoms with Crippen molar-refractivity contribution < 1.29 is 4.79 Å². The molecule has 3 aromatic heterocycles. The van der Waals surface area contributed by atoms with Crippen molar-refractivity contribution in [2.75, 3.05) is 13.1 Å². The Morgan fingerprint density at radius 3 is 2.87 bits per heavy atom. The van der Waals surface area contributed by atoms with Crippen molar-refractivity contribution >= 4 is 11.7 Å². The molecule has 0 aromatic carbocycles. The summed E-state index contributed by atoms with van der Waals surface area (Å²) in [6.07, 6.45) is 4.71. The lowest BCUT2D eigenvalue weighted by atomic mass is 9.83. The van der Waals surface area contributed by atoms with E-state index in [-0.39, 0.29) is 35.3 Å². The second-order valence-electron chi connectivity index (χ2n) is 9.03. The number of nitrogens with zero attached hydrogens (tertiary/aromatic N) is 5. The van der Waals surface area contributed by atoms with E-state index in [1.165, 1.54) is 4.52 Å². The Morgan fingerprint density at radius 1 is 1.10 bits per heavy atom. The third-order valence-electron chi connectivity index (χ3n) is 6.96. The van der Waals surface area contributed by atoms with Gasteiger partial charge in [0.15, 0.2) is 0 Å². The summed E-state index contributed by atoms with van der Waals surface area (Å²) in [4.78, 5) is 48.9. The van der Waals surface area contributed by atoms with Crippen LogP contribution < -0.4 is 11.1 Å². The quantitative estimate of drug-likeness (QED) is 0.655. The monoisotopic (exact) mass is 420 g/mol. The first kappa shape index (κ1) is 18.5. The fourth-order valence-corrected chi connectivity index (χ4v) is 5.52. The molecule has 31 heavy (non-hydrogen) atoms. The molecule has 2 aliphatic heterocycles. The first-order chi connectivity index (χ1) is 15.1. The van der Waals surface area contributed by atoms with Crippen molar-refractivity contribution in [2.45, 2.75) is 51.0 Å². The highest BCUT2D eigenvalue weighted by atomic mass is 16.2. The molecule has 6 rings (SSSR count). The van der Waals surface area contributed by atoms with Crippen molar-refractivity contribution in [2.24, 2.45) is 5.92 Å². The maximum atomic E-state index is 13.1. The van der Waals surface area contributed by atoms with Crippen LogP contribution in [0.5, 0.6) is 0 Å². The molecule has 0 radical (unpaired) electrons. The van der Waals surface area contributed by atoms with E-state index in [4.69, 9.17) is 0 Å². The molecular weight excluding hydrogens is 396 g/mol. The van der Waals surface area contributed by atoms with Gasteiger partial charge in [-0.05, 0) is 44.1 Å². The molecule has 0 unspecified atom stereocenters. The summed E-state index contributed by atoms with van der Waals surface area (Å²) in [5, 5.41) is 3.00. The van der Waals surface area contributed by atoms with Crippen LogP contribution in [-0.4, -0.2) is 48.0 Å². The first-order valence-corrected chi connectivity index (χ1v) is 11.0. The van der Waals surface area contributed by atoms with Crippen LogP contribution in [0, 0.1) is 5.92 Å². The topological polar surface area (TPSA) is 105 Å². The van der Waals surface area contributed by atoms with Gasteiger partial charge in [-0.2, -0.15) is 9.50 Å². The third kappa shape index (κ3) is 3.02. The van der Waals surface area contributed by atoms with E-state index in [0.717, 1.165) is 49.1 Å². The Labute approximate surface area is 177 Å². The number of rotatable bonds is 2. The van der Waals surface area contributed by atoms with Gasteiger partial charge in [-0.3, -0.25) is 19.5 Å². The molecule has 1 amide bonds. The van der Waals surface area contributed by atoms with Gasteiger partial charge in [-0.15, -0.1) is 0 Å². The lowest BCUT2D eigenvalue weighted by Crippen LogP contribution is -2.49. The maximum Gasteiger partial charge on any atom is 0.277 e. The van der Waals surface area contributed by atoms with E-state index in [0.29, 0.717) is 31.2 Å². The first-order valence-electron chi connectivity index (χ1n) is 11.0. The van der Waals surface area contributed by atoms with Gasteiger partial charge in [-0.1, -0.05) is 6.07 Å². The van der Waals surface area contributed by atoms with Gasteiger partial charge in [0.25, 0.3) is 16.9 Å². The number of fused-ring (bicyclic) bond motifs is 6. The van der Waals surface area contributed by atoms with Gasteiger partial charge in [0.05, 0.1) is 12.1 Å². The van der Waals surface area contributed by atoms with Crippen molar-refractivity contribution in [3.8, 4) is 0 Å². The van der Waals surface area contributed by atoms with Gasteiger partial charge < -0.3 is 9.47 Å². The molecule has 3 aliphatic rings. The highest BCUT2D eigenvalue weighted by Gasteiger charge is 2.36. The zero-order valence-corrected chi connectivity index (χ0v) is 17.2. The number of aryl methyl sites for hydroxylation is 1. The number of hydrogen-bond acceptors (Lipinski definition) is 5. The van der Waals surface area contributed by atoms with Gasteiger partial charge in [0.2, 0.25) is 5.91 Å². The molecule has 2 bridgehead atoms. The molecule has 1 aliphatic carbocycles. The molecule has 3 aromatic rings. The molecule has 1 N–H and O–H groups in total. The Hall–Kier alpha value is -3.23. The molecule has 2 atom stereocenters. The summed E-state index contributed by atoms with van der Waals surface area (Å²) in [6, 6.07) is 5.40. The number of carbonyl (C=O) groups excluding carboxylic acids is 1. The van der Waals surface area contributed by atoms with E-state index in [1.54, 1.807) is 12.1 Å². The lowest BCUT2D eigenvalue weighted by molar-refractivity contribution is -0.133. The average Bonchev–Trinajstić information content (AvgIpc) is 3.17. The van der Waals surface area contributed by atoms with Crippen LogP contribution in [0.1, 0.15) is 48.0 Å². The second-order valence-corrected chi connectivity index (χ2v) is 9.03. The molecular formula is C22H24N6O3. The number of H-pyrrole nitrogens is 1. The number of aromatic nitrogens is 5. The summed E-state index contributed by atoms with van der Waals surface area (Å²) < 4.78 is 3.24. The minimum Gasteiger partial charge on any atom is -0.341 e. The summed E-state index contributed by atoms with van der Waals surface area (Å²) in [6.45, 7) is 1.90. The Morgan fingerprint density at radius 2 is 1.97 bits per heavy atom. The van der Waals surface area contributed by atoms with Crippen LogP contribution in [0.4, 0.5) is 0 Å². The predicted molar refractivity (Wildman–Crippen MR) is 112 cm³/mol. The molecule has 160 valence electrons. The number of likely N-dealkylation sites (tertiary alicyclic amines) is 1. The number of aromatic amines is 1. The largest absolute Gasteiger partial charge is 0.341 e. The number of pyridine rings is 1. The van der Waals surface area contributed by atoms with E-state index in [2.05, 4.69) is 15.1 Å². The second kappa shape index (κ2) is 6.90. The Balaban J connectivity index is 1.25. The van der Waals surface area contributed by atoms with Gasteiger partial charge in [-0.25, -0.2) is 4.98 Å². The molecule has 1 saturated heterocycles. The zero-order valence-electron chi connectivity index (χ0n) is 17.2. The van der Waals surface area contributed by atoms with Crippen molar-refractivity contribution in [1.82, 2.24) is 29.0 Å². The van der Waals surface area contributed by atoms with E-state index in [1.807, 2.05) is 15.5 Å². The van der Waals surface area contributed by atoms with Crippen molar-refractivity contribution in [1.29, 1.82) is 0 Å². The summed E-state index contributed by atoms with van der Waals surface area (Å²) in [5.74, 6) is 1.25. The average molecular weight is 420 g/mol. The summed E-state index contributed by atoms with van der Waals surface area (Å²) in [7, 11) is 0. The fraction of sp³-hybridized carbons (Fsp3) is 0.500. The van der Waals surface area contributed by atoms with Gasteiger partial charge in [0.1, 0.15) is 5.82 Å². The zero-order chi connectivity index (χ0) is 21.1. The number of piperidine rings is 1. The summed E-state index contributed by atoms with van der Waals surface area (Å²) in [5.41, 5.74) is 2.57. The van der Waals surface area contributed by atoms with Gasteiger partial charge in [0, 0.05) is 42.9 Å². The smallest absolute Gasteiger partial charge is 0.277 e. The molecule has 5 heterocycles. The van der Waals surface area contributed by atoms with Crippen LogP contribution in [0.15, 0.2) is 27.8 Å². The molecule has 9 nitrogen and oxygen atoms in total. The van der Waals surface area contributed by atoms with Gasteiger partial charge >= 0.3 is 0 Å². The highest BCUT2D eigenvalue weighted by molar-refractivity contribution is 5.78. The highest BCUT2D eigenvalue weighted by Crippen LogP contribution is 2.35. The van der Waals surface area contributed by atoms with Crippen molar-refractivity contribution in [3.05, 3.63) is 61.7 Å². The summed E-state index contributed by atoms with van der Waals surface area (Å²) >= 11 is 0. The third-order valence-corrected chi connectivity index (χ3v) is 6.96. The normalized spacial score (nSPS) is 22.3. The lowest BCUT2D eigenvalue weighted by Gasteiger charge is -2.42. The van der Waals surface area contributed by atoms with Crippen LogP contribution in [0.2, 0.25) is 0 Å². The predicted octanol–water partition coefficient (Wildman–Crippen LogP) is 0.646. The van der Waals surface area contributed by atoms with Crippen molar-refractivity contribution in [3.63, 3.8) is 0 Å². The van der Waals surface area contributed by atoms with E-state index >= 15 is 0 Å². The fourth-order valence-electron chi connectivity index (χ4n) is 5.52. The van der Waals surface area contributed by atoms with Crippen LogP contribution in [0.3, 0.4) is 0 Å². The van der Waals surface area contributed by atoms with Crippen LogP contribution in [-0.2, 0) is 30.6 Å². The molecule has 0 spiro atoms. The number of carbonyl (C=O) groups is 1. The maximum absolute atomic E-state index is 13.1. The number of amides is 1. The minimum absolute atomic E-state index is 0.0155. The van der Waals surface area contributed by atoms with E-state index in [9.17, 15) is 14.4 Å².